The predicted molar refractivity (Wildman–Crippen MR) is 221 cm³/mol. The van der Waals surface area contributed by atoms with Gasteiger partial charge in [0.2, 0.25) is 0 Å². The molecular formula is C48H52N2O2Si. The van der Waals surface area contributed by atoms with E-state index in [4.69, 9.17) is 4.43 Å². The SMILES string of the molecule is CC(C)(C)[Si](OC1CN(C(c2ccccc2)c2ccccc2)C1)(c1ccccc1)c1ccccc1.OC1CN(C(c2ccccc2)c2ccccc2)C1. The lowest BCUT2D eigenvalue weighted by Crippen LogP contribution is -2.70. The fourth-order valence-electron chi connectivity index (χ4n) is 8.16. The molecule has 0 spiro atoms. The molecule has 0 bridgehead atoms. The Kier molecular flexibility index (Phi) is 11.5. The third-order valence-electron chi connectivity index (χ3n) is 10.7. The maximum atomic E-state index is 9.52. The van der Waals surface area contributed by atoms with Crippen LogP contribution in [-0.4, -0.2) is 61.6 Å². The van der Waals surface area contributed by atoms with Crippen LogP contribution in [0, 0.1) is 0 Å². The number of β-amino-alcohol motifs (C(OH)–C–C–N with tert-alkyl or cyclic N) is 1. The number of nitrogens with zero attached hydrogens (tertiary/aromatic N) is 2. The van der Waals surface area contributed by atoms with Gasteiger partial charge in [-0.05, 0) is 37.7 Å². The molecule has 1 N–H and O–H groups in total. The first-order chi connectivity index (χ1) is 25.8. The summed E-state index contributed by atoms with van der Waals surface area (Å²) < 4.78 is 7.36. The quantitative estimate of drug-likeness (QED) is 0.144. The Bertz CT molecular complexity index is 1840. The van der Waals surface area contributed by atoms with Crippen molar-refractivity contribution >= 4 is 18.7 Å². The van der Waals surface area contributed by atoms with E-state index >= 15 is 0 Å². The Morgan fingerprint density at radius 1 is 0.472 bits per heavy atom. The van der Waals surface area contributed by atoms with Gasteiger partial charge in [-0.15, -0.1) is 0 Å². The van der Waals surface area contributed by atoms with E-state index in [0.717, 1.165) is 26.2 Å². The van der Waals surface area contributed by atoms with Crippen molar-refractivity contribution < 1.29 is 9.53 Å². The lowest BCUT2D eigenvalue weighted by molar-refractivity contribution is -0.0160. The third kappa shape index (κ3) is 8.15. The summed E-state index contributed by atoms with van der Waals surface area (Å²) in [5.74, 6) is 0. The third-order valence-corrected chi connectivity index (χ3v) is 15.8. The highest BCUT2D eigenvalue weighted by atomic mass is 28.4. The molecule has 0 saturated carbocycles. The predicted octanol–water partition coefficient (Wildman–Crippen LogP) is 8.49. The Morgan fingerprint density at radius 2 is 0.755 bits per heavy atom. The Hall–Kier alpha value is -4.62. The summed E-state index contributed by atoms with van der Waals surface area (Å²) >= 11 is 0. The topological polar surface area (TPSA) is 35.9 Å². The number of hydrogen-bond donors (Lipinski definition) is 1. The summed E-state index contributed by atoms with van der Waals surface area (Å²) in [6.45, 7) is 10.4. The average molecular weight is 717 g/mol. The van der Waals surface area contributed by atoms with Gasteiger partial charge in [-0.3, -0.25) is 9.80 Å². The molecule has 2 saturated heterocycles. The van der Waals surface area contributed by atoms with Crippen molar-refractivity contribution in [1.82, 2.24) is 9.80 Å². The molecule has 0 unspecified atom stereocenters. The summed E-state index contributed by atoms with van der Waals surface area (Å²) in [6.07, 6.45) is 0.0381. The van der Waals surface area contributed by atoms with Crippen LogP contribution in [0.3, 0.4) is 0 Å². The average Bonchev–Trinajstić information content (AvgIpc) is 3.17. The fraction of sp³-hybridized carbons (Fsp3) is 0.250. The smallest absolute Gasteiger partial charge is 0.261 e. The lowest BCUT2D eigenvalue weighted by Gasteiger charge is -2.51. The highest BCUT2D eigenvalue weighted by molar-refractivity contribution is 6.99. The minimum absolute atomic E-state index is 0.00557. The van der Waals surface area contributed by atoms with E-state index < -0.39 is 8.32 Å². The second-order valence-electron chi connectivity index (χ2n) is 15.4. The summed E-state index contributed by atoms with van der Waals surface area (Å²) in [7, 11) is -2.53. The molecule has 0 radical (unpaired) electrons. The van der Waals surface area contributed by atoms with E-state index in [1.54, 1.807) is 0 Å². The maximum absolute atomic E-state index is 9.52. The van der Waals surface area contributed by atoms with Crippen molar-refractivity contribution in [3.63, 3.8) is 0 Å². The molecule has 0 amide bonds. The van der Waals surface area contributed by atoms with Crippen LogP contribution in [0.1, 0.15) is 55.1 Å². The summed E-state index contributed by atoms with van der Waals surface area (Å²) in [5.41, 5.74) is 5.25. The van der Waals surface area contributed by atoms with Gasteiger partial charge in [0.15, 0.2) is 0 Å². The molecule has 53 heavy (non-hydrogen) atoms. The Balaban J connectivity index is 0.000000202. The van der Waals surface area contributed by atoms with E-state index in [2.05, 4.69) is 200 Å². The second-order valence-corrected chi connectivity index (χ2v) is 19.7. The number of rotatable bonds is 10. The molecule has 8 rings (SSSR count). The molecule has 0 aromatic heterocycles. The van der Waals surface area contributed by atoms with Crippen LogP contribution in [0.2, 0.25) is 5.04 Å². The molecule has 270 valence electrons. The minimum Gasteiger partial charge on any atom is -0.402 e. The summed E-state index contributed by atoms with van der Waals surface area (Å²) in [4.78, 5) is 4.88. The number of aliphatic hydroxyl groups is 1. The molecular weight excluding hydrogens is 665 g/mol. The van der Waals surface area contributed by atoms with Gasteiger partial charge in [0.25, 0.3) is 8.32 Å². The first kappa shape index (κ1) is 36.7. The molecule has 0 aliphatic carbocycles. The van der Waals surface area contributed by atoms with Crippen molar-refractivity contribution in [3.05, 3.63) is 204 Å². The number of hydrogen-bond acceptors (Lipinski definition) is 4. The Labute approximate surface area is 317 Å². The van der Waals surface area contributed by atoms with E-state index in [1.165, 1.54) is 32.6 Å². The monoisotopic (exact) mass is 716 g/mol. The van der Waals surface area contributed by atoms with Crippen LogP contribution in [0.5, 0.6) is 0 Å². The minimum atomic E-state index is -2.53. The van der Waals surface area contributed by atoms with Gasteiger partial charge < -0.3 is 9.53 Å². The zero-order valence-electron chi connectivity index (χ0n) is 31.2. The van der Waals surface area contributed by atoms with E-state index in [9.17, 15) is 5.11 Å². The number of aliphatic hydroxyl groups excluding tert-OH is 1. The highest BCUT2D eigenvalue weighted by Gasteiger charge is 2.53. The van der Waals surface area contributed by atoms with E-state index in [1.807, 2.05) is 12.1 Å². The van der Waals surface area contributed by atoms with Crippen LogP contribution >= 0.6 is 0 Å². The first-order valence-electron chi connectivity index (χ1n) is 19.0. The molecule has 2 heterocycles. The first-order valence-corrected chi connectivity index (χ1v) is 20.9. The van der Waals surface area contributed by atoms with Crippen molar-refractivity contribution in [2.75, 3.05) is 26.2 Å². The molecule has 2 aliphatic rings. The van der Waals surface area contributed by atoms with Crippen LogP contribution < -0.4 is 10.4 Å². The molecule has 4 nitrogen and oxygen atoms in total. The normalized spacial score (nSPS) is 15.7. The van der Waals surface area contributed by atoms with Crippen LogP contribution in [0.4, 0.5) is 0 Å². The molecule has 5 heteroatoms. The summed E-state index contributed by atoms with van der Waals surface area (Å²) in [5, 5.41) is 12.2. The zero-order valence-corrected chi connectivity index (χ0v) is 32.2. The van der Waals surface area contributed by atoms with Gasteiger partial charge in [-0.25, -0.2) is 0 Å². The fourth-order valence-corrected chi connectivity index (χ4v) is 12.8. The van der Waals surface area contributed by atoms with Gasteiger partial charge in [0.1, 0.15) is 0 Å². The summed E-state index contributed by atoms with van der Waals surface area (Å²) in [6, 6.07) is 65.1. The molecule has 6 aromatic rings. The standard InChI is InChI=1S/C32H35NOSi.C16H17NO/c1-32(2,3)35(29-20-12-6-13-21-29,30-22-14-7-15-23-30)34-28-24-33(25-28)31(26-16-8-4-9-17-26)27-18-10-5-11-19-27;18-15-11-17(12-15)16(13-7-3-1-4-8-13)14-9-5-2-6-10-14/h4-23,28,31H,24-25H2,1-3H3;1-10,15-16,18H,11-12H2. The van der Waals surface area contributed by atoms with Crippen molar-refractivity contribution in [2.45, 2.75) is 50.1 Å². The molecule has 0 atom stereocenters. The molecule has 2 fully saturated rings. The molecule has 2 aliphatic heterocycles. The van der Waals surface area contributed by atoms with Crippen LogP contribution in [0.15, 0.2) is 182 Å². The molecule has 6 aromatic carbocycles. The zero-order chi connectivity index (χ0) is 36.7. The Morgan fingerprint density at radius 3 is 1.04 bits per heavy atom. The van der Waals surface area contributed by atoms with Gasteiger partial charge in [0, 0.05) is 26.2 Å². The van der Waals surface area contributed by atoms with Gasteiger partial charge in [-0.2, -0.15) is 0 Å². The highest BCUT2D eigenvalue weighted by Crippen LogP contribution is 2.40. The number of benzene rings is 6. The van der Waals surface area contributed by atoms with Crippen molar-refractivity contribution in [2.24, 2.45) is 0 Å². The number of likely N-dealkylation sites (tertiary alicyclic amines) is 2. The second kappa shape index (κ2) is 16.6. The van der Waals surface area contributed by atoms with Crippen molar-refractivity contribution in [3.8, 4) is 0 Å². The van der Waals surface area contributed by atoms with Gasteiger partial charge in [-0.1, -0.05) is 203 Å². The van der Waals surface area contributed by atoms with Crippen LogP contribution in [0.25, 0.3) is 0 Å². The van der Waals surface area contributed by atoms with Crippen molar-refractivity contribution in [1.29, 1.82) is 0 Å². The van der Waals surface area contributed by atoms with Gasteiger partial charge >= 0.3 is 0 Å². The van der Waals surface area contributed by atoms with Crippen LogP contribution in [-0.2, 0) is 4.43 Å². The van der Waals surface area contributed by atoms with E-state index in [-0.39, 0.29) is 29.3 Å². The van der Waals surface area contributed by atoms with Gasteiger partial charge in [0.05, 0.1) is 24.3 Å². The largest absolute Gasteiger partial charge is 0.402 e. The lowest BCUT2D eigenvalue weighted by atomic mass is 9.94. The maximum Gasteiger partial charge on any atom is 0.261 e. The van der Waals surface area contributed by atoms with E-state index in [0.29, 0.717) is 0 Å².